The number of halogens is 1. The fourth-order valence-electron chi connectivity index (χ4n) is 2.35. The average Bonchev–Trinajstić information content (AvgIpc) is 2.57. The Bertz CT molecular complexity index is 619. The number of hydrogen-bond donors (Lipinski definition) is 2. The number of aliphatic hydroxyl groups excluding tert-OH is 1. The van der Waals surface area contributed by atoms with E-state index in [4.69, 9.17) is 9.47 Å². The molecule has 2 aromatic carbocycles. The summed E-state index contributed by atoms with van der Waals surface area (Å²) in [5, 5.41) is 13.5. The molecule has 124 valence electrons. The van der Waals surface area contributed by atoms with E-state index in [-0.39, 0.29) is 0 Å². The molecule has 4 nitrogen and oxygen atoms in total. The van der Waals surface area contributed by atoms with Gasteiger partial charge in [-0.25, -0.2) is 0 Å². The molecule has 1 atom stereocenters. The summed E-state index contributed by atoms with van der Waals surface area (Å²) in [6.07, 6.45) is -0.541. The van der Waals surface area contributed by atoms with Gasteiger partial charge in [-0.1, -0.05) is 46.3 Å². The third-order valence-electron chi connectivity index (χ3n) is 3.44. The van der Waals surface area contributed by atoms with Crippen LogP contribution in [0.15, 0.2) is 46.9 Å². The Kier molecular flexibility index (Phi) is 6.89. The van der Waals surface area contributed by atoms with Gasteiger partial charge in [0.15, 0.2) is 11.5 Å². The van der Waals surface area contributed by atoms with Gasteiger partial charge in [0.05, 0.1) is 19.8 Å². The van der Waals surface area contributed by atoms with E-state index in [0.717, 1.165) is 21.3 Å². The van der Waals surface area contributed by atoms with E-state index >= 15 is 0 Å². The van der Waals surface area contributed by atoms with Crippen molar-refractivity contribution in [3.05, 3.63) is 58.1 Å². The summed E-state index contributed by atoms with van der Waals surface area (Å²) in [5.74, 6) is 1.43. The number of rotatable bonds is 8. The zero-order valence-electron chi connectivity index (χ0n) is 13.4. The fraction of sp³-hybridized carbons (Fsp3) is 0.333. The lowest BCUT2D eigenvalue weighted by atomic mass is 10.1. The Morgan fingerprint density at radius 3 is 2.61 bits per heavy atom. The maximum absolute atomic E-state index is 10.2. The lowest BCUT2D eigenvalue weighted by Crippen LogP contribution is -2.21. The van der Waals surface area contributed by atoms with Crippen LogP contribution in [0.5, 0.6) is 11.5 Å². The zero-order valence-corrected chi connectivity index (χ0v) is 15.0. The van der Waals surface area contributed by atoms with Crippen LogP contribution in [-0.2, 0) is 6.54 Å². The van der Waals surface area contributed by atoms with Gasteiger partial charge in [-0.15, -0.1) is 0 Å². The molecule has 0 saturated carbocycles. The van der Waals surface area contributed by atoms with Crippen molar-refractivity contribution in [1.29, 1.82) is 0 Å². The predicted molar refractivity (Wildman–Crippen MR) is 95.0 cm³/mol. The van der Waals surface area contributed by atoms with Crippen molar-refractivity contribution in [2.45, 2.75) is 19.6 Å². The minimum absolute atomic E-state index is 0.463. The lowest BCUT2D eigenvalue weighted by molar-refractivity contribution is 0.174. The van der Waals surface area contributed by atoms with Crippen molar-refractivity contribution in [2.24, 2.45) is 0 Å². The minimum atomic E-state index is -0.541. The molecular weight excluding hydrogens is 358 g/mol. The fourth-order valence-corrected chi connectivity index (χ4v) is 2.83. The average molecular weight is 380 g/mol. The topological polar surface area (TPSA) is 50.7 Å². The van der Waals surface area contributed by atoms with Crippen LogP contribution in [0, 0.1) is 0 Å². The summed E-state index contributed by atoms with van der Waals surface area (Å²) in [4.78, 5) is 0. The van der Waals surface area contributed by atoms with Crippen molar-refractivity contribution in [3.8, 4) is 11.5 Å². The molecule has 0 amide bonds. The van der Waals surface area contributed by atoms with E-state index < -0.39 is 6.10 Å². The van der Waals surface area contributed by atoms with Crippen molar-refractivity contribution < 1.29 is 14.6 Å². The molecule has 2 N–H and O–H groups in total. The standard InChI is InChI=1S/C18H22BrNO3/c1-3-23-18-14(9-15(19)10-17(18)22-2)11-20-12-16(21)13-7-5-4-6-8-13/h4-10,16,20-21H,3,11-12H2,1-2H3/t16-/m1/s1. The molecule has 0 bridgehead atoms. The predicted octanol–water partition coefficient (Wildman–Crippen LogP) is 3.68. The quantitative estimate of drug-likeness (QED) is 0.734. The van der Waals surface area contributed by atoms with Gasteiger partial charge in [0.25, 0.3) is 0 Å². The molecule has 0 heterocycles. The van der Waals surface area contributed by atoms with Crippen LogP contribution in [0.25, 0.3) is 0 Å². The lowest BCUT2D eigenvalue weighted by Gasteiger charge is -2.17. The van der Waals surface area contributed by atoms with Crippen molar-refractivity contribution >= 4 is 15.9 Å². The Morgan fingerprint density at radius 1 is 1.22 bits per heavy atom. The van der Waals surface area contributed by atoms with E-state index in [2.05, 4.69) is 21.2 Å². The number of hydrogen-bond acceptors (Lipinski definition) is 4. The van der Waals surface area contributed by atoms with Gasteiger partial charge in [-0.2, -0.15) is 0 Å². The van der Waals surface area contributed by atoms with Crippen molar-refractivity contribution in [3.63, 3.8) is 0 Å². The van der Waals surface area contributed by atoms with Crippen LogP contribution in [0.3, 0.4) is 0 Å². The van der Waals surface area contributed by atoms with E-state index in [0.29, 0.717) is 25.4 Å². The normalized spacial score (nSPS) is 12.0. The van der Waals surface area contributed by atoms with Crippen LogP contribution in [0.2, 0.25) is 0 Å². The van der Waals surface area contributed by atoms with Crippen LogP contribution in [0.1, 0.15) is 24.2 Å². The molecular formula is C18H22BrNO3. The number of ether oxygens (including phenoxy) is 2. The second kappa shape index (κ2) is 8.91. The Balaban J connectivity index is 2.03. The van der Waals surface area contributed by atoms with Crippen LogP contribution in [0.4, 0.5) is 0 Å². The minimum Gasteiger partial charge on any atom is -0.493 e. The van der Waals surface area contributed by atoms with Crippen LogP contribution < -0.4 is 14.8 Å². The first-order valence-corrected chi connectivity index (χ1v) is 8.38. The third kappa shape index (κ3) is 4.96. The summed E-state index contributed by atoms with van der Waals surface area (Å²) in [5.41, 5.74) is 1.88. The van der Waals surface area contributed by atoms with Crippen molar-refractivity contribution in [2.75, 3.05) is 20.3 Å². The molecule has 0 aliphatic heterocycles. The smallest absolute Gasteiger partial charge is 0.165 e. The first kappa shape index (κ1) is 17.8. The summed E-state index contributed by atoms with van der Waals surface area (Å²) in [6, 6.07) is 13.5. The summed E-state index contributed by atoms with van der Waals surface area (Å²) in [6.45, 7) is 3.55. The summed E-state index contributed by atoms with van der Waals surface area (Å²) < 4.78 is 12.0. The van der Waals surface area contributed by atoms with Crippen LogP contribution in [-0.4, -0.2) is 25.4 Å². The molecule has 2 aromatic rings. The Morgan fingerprint density at radius 2 is 1.96 bits per heavy atom. The van der Waals surface area contributed by atoms with Crippen molar-refractivity contribution in [1.82, 2.24) is 5.32 Å². The highest BCUT2D eigenvalue weighted by Crippen LogP contribution is 2.34. The molecule has 0 aromatic heterocycles. The first-order chi connectivity index (χ1) is 11.2. The molecule has 23 heavy (non-hydrogen) atoms. The second-order valence-electron chi connectivity index (χ2n) is 5.09. The number of methoxy groups -OCH3 is 1. The van der Waals surface area contributed by atoms with Gasteiger partial charge in [0.1, 0.15) is 0 Å². The van der Waals surface area contributed by atoms with Gasteiger partial charge in [0, 0.05) is 23.1 Å². The van der Waals surface area contributed by atoms with Gasteiger partial charge in [-0.3, -0.25) is 0 Å². The highest BCUT2D eigenvalue weighted by atomic mass is 79.9. The first-order valence-electron chi connectivity index (χ1n) is 7.58. The summed E-state index contributed by atoms with van der Waals surface area (Å²) in [7, 11) is 1.63. The largest absolute Gasteiger partial charge is 0.493 e. The molecule has 5 heteroatoms. The Labute approximate surface area is 145 Å². The monoisotopic (exact) mass is 379 g/mol. The molecule has 0 saturated heterocycles. The molecule has 0 unspecified atom stereocenters. The van der Waals surface area contributed by atoms with Gasteiger partial charge in [0.2, 0.25) is 0 Å². The number of aliphatic hydroxyl groups is 1. The molecule has 0 fully saturated rings. The van der Waals surface area contributed by atoms with E-state index in [9.17, 15) is 5.11 Å². The molecule has 0 aliphatic rings. The maximum Gasteiger partial charge on any atom is 0.165 e. The number of nitrogens with one attached hydrogen (secondary N) is 1. The van der Waals surface area contributed by atoms with Crippen LogP contribution >= 0.6 is 15.9 Å². The molecule has 2 rings (SSSR count). The van der Waals surface area contributed by atoms with Gasteiger partial charge >= 0.3 is 0 Å². The van der Waals surface area contributed by atoms with Gasteiger partial charge < -0.3 is 19.9 Å². The summed E-state index contributed by atoms with van der Waals surface area (Å²) >= 11 is 3.48. The van der Waals surface area contributed by atoms with E-state index in [1.165, 1.54) is 0 Å². The highest BCUT2D eigenvalue weighted by molar-refractivity contribution is 9.10. The van der Waals surface area contributed by atoms with E-state index in [1.54, 1.807) is 7.11 Å². The third-order valence-corrected chi connectivity index (χ3v) is 3.90. The molecule has 0 spiro atoms. The Hall–Kier alpha value is -1.56. The molecule has 0 aliphatic carbocycles. The van der Waals surface area contributed by atoms with Gasteiger partial charge in [-0.05, 0) is 24.6 Å². The SMILES string of the molecule is CCOc1c(CNC[C@@H](O)c2ccccc2)cc(Br)cc1OC. The molecule has 0 radical (unpaired) electrons. The highest BCUT2D eigenvalue weighted by Gasteiger charge is 2.13. The number of benzene rings is 2. The zero-order chi connectivity index (χ0) is 16.7. The van der Waals surface area contributed by atoms with E-state index in [1.807, 2.05) is 49.4 Å². The second-order valence-corrected chi connectivity index (χ2v) is 6.00. The maximum atomic E-state index is 10.2.